The molecule has 26 heavy (non-hydrogen) atoms. The minimum Gasteiger partial charge on any atom is -0.331 e. The first-order valence-electron chi connectivity index (χ1n) is 8.25. The number of benzene rings is 2. The number of nitrogens with zero attached hydrogens (tertiary/aromatic N) is 1. The van der Waals surface area contributed by atoms with Crippen molar-refractivity contribution in [2.75, 3.05) is 16.3 Å². The number of para-hydroxylation sites is 1. The second-order valence-corrected chi connectivity index (χ2v) is 8.68. The summed E-state index contributed by atoms with van der Waals surface area (Å²) in [5, 5.41) is 6.27. The third-order valence-corrected chi connectivity index (χ3v) is 5.32. The monoisotopic (exact) mass is 387 g/mol. The summed E-state index contributed by atoms with van der Waals surface area (Å²) in [6.07, 6.45) is 2.09. The van der Waals surface area contributed by atoms with Gasteiger partial charge in [-0.25, -0.2) is 13.4 Å². The van der Waals surface area contributed by atoms with Crippen LogP contribution < -0.4 is 10.0 Å². The highest BCUT2D eigenvalue weighted by molar-refractivity contribution is 7.92. The number of rotatable bonds is 6. The Morgan fingerprint density at radius 1 is 1.12 bits per heavy atom. The first-order valence-corrected chi connectivity index (χ1v) is 11.0. The highest BCUT2D eigenvalue weighted by atomic mass is 32.2. The molecule has 0 bridgehead atoms. The van der Waals surface area contributed by atoms with Crippen molar-refractivity contribution < 1.29 is 8.42 Å². The number of hydrogen-bond acceptors (Lipinski definition) is 5. The third-order valence-electron chi connectivity index (χ3n) is 3.96. The van der Waals surface area contributed by atoms with E-state index in [9.17, 15) is 8.42 Å². The summed E-state index contributed by atoms with van der Waals surface area (Å²) in [6, 6.07) is 13.5. The average molecular weight is 388 g/mol. The van der Waals surface area contributed by atoms with E-state index in [1.54, 1.807) is 23.5 Å². The number of sulfonamides is 1. The summed E-state index contributed by atoms with van der Waals surface area (Å²) < 4.78 is 25.0. The van der Waals surface area contributed by atoms with Crippen LogP contribution in [0.15, 0.2) is 47.8 Å². The molecule has 2 aromatic carbocycles. The average Bonchev–Trinajstić information content (AvgIpc) is 3.04. The number of aryl methyl sites for hydroxylation is 2. The predicted molar refractivity (Wildman–Crippen MR) is 110 cm³/mol. The van der Waals surface area contributed by atoms with Gasteiger partial charge < -0.3 is 5.32 Å². The largest absolute Gasteiger partial charge is 0.331 e. The van der Waals surface area contributed by atoms with E-state index in [-0.39, 0.29) is 0 Å². The molecule has 2 N–H and O–H groups in total. The molecule has 0 aliphatic heterocycles. The first kappa shape index (κ1) is 18.4. The van der Waals surface area contributed by atoms with E-state index in [1.807, 2.05) is 17.5 Å². The van der Waals surface area contributed by atoms with Gasteiger partial charge in [-0.3, -0.25) is 4.72 Å². The van der Waals surface area contributed by atoms with Crippen molar-refractivity contribution >= 4 is 37.9 Å². The molecule has 7 heteroatoms. The van der Waals surface area contributed by atoms with Gasteiger partial charge in [0, 0.05) is 22.3 Å². The van der Waals surface area contributed by atoms with Crippen LogP contribution in [0.25, 0.3) is 11.3 Å². The Kier molecular flexibility index (Phi) is 5.29. The van der Waals surface area contributed by atoms with Crippen molar-refractivity contribution in [2.24, 2.45) is 0 Å². The second-order valence-electron chi connectivity index (χ2n) is 6.08. The van der Waals surface area contributed by atoms with Gasteiger partial charge in [0.15, 0.2) is 5.13 Å². The Morgan fingerprint density at radius 2 is 1.85 bits per heavy atom. The third kappa shape index (κ3) is 4.42. The quantitative estimate of drug-likeness (QED) is 0.637. The van der Waals surface area contributed by atoms with Gasteiger partial charge in [0.1, 0.15) is 0 Å². The molecule has 5 nitrogen and oxygen atoms in total. The van der Waals surface area contributed by atoms with Gasteiger partial charge in [-0.2, -0.15) is 0 Å². The minimum absolute atomic E-state index is 0.539. The molecule has 0 saturated carbocycles. The van der Waals surface area contributed by atoms with Crippen molar-refractivity contribution in [2.45, 2.75) is 20.3 Å². The molecule has 3 aromatic rings. The van der Waals surface area contributed by atoms with E-state index in [2.05, 4.69) is 47.1 Å². The van der Waals surface area contributed by atoms with E-state index in [0.29, 0.717) is 5.69 Å². The molecule has 0 radical (unpaired) electrons. The van der Waals surface area contributed by atoms with Gasteiger partial charge in [-0.15, -0.1) is 11.3 Å². The van der Waals surface area contributed by atoms with Crippen LogP contribution in [-0.2, 0) is 16.4 Å². The number of nitrogens with one attached hydrogen (secondary N) is 2. The predicted octanol–water partition coefficient (Wildman–Crippen LogP) is 4.80. The van der Waals surface area contributed by atoms with Gasteiger partial charge in [-0.05, 0) is 36.6 Å². The molecule has 0 aliphatic rings. The molecule has 0 unspecified atom stereocenters. The molecule has 0 spiro atoms. The maximum Gasteiger partial charge on any atom is 0.229 e. The van der Waals surface area contributed by atoms with E-state index in [0.717, 1.165) is 34.8 Å². The van der Waals surface area contributed by atoms with Gasteiger partial charge >= 0.3 is 0 Å². The number of hydrogen-bond donors (Lipinski definition) is 2. The summed E-state index contributed by atoms with van der Waals surface area (Å²) in [5.41, 5.74) is 5.90. The lowest BCUT2D eigenvalue weighted by Crippen LogP contribution is -2.09. The first-order chi connectivity index (χ1) is 12.4. The van der Waals surface area contributed by atoms with Gasteiger partial charge in [0.2, 0.25) is 10.0 Å². The summed E-state index contributed by atoms with van der Waals surface area (Å²) in [7, 11) is -3.27. The van der Waals surface area contributed by atoms with Crippen LogP contribution in [0.3, 0.4) is 0 Å². The van der Waals surface area contributed by atoms with Crippen molar-refractivity contribution in [1.82, 2.24) is 4.98 Å². The van der Waals surface area contributed by atoms with Crippen LogP contribution in [0.1, 0.15) is 18.1 Å². The summed E-state index contributed by atoms with van der Waals surface area (Å²) in [6.45, 7) is 4.23. The van der Waals surface area contributed by atoms with E-state index < -0.39 is 10.0 Å². The van der Waals surface area contributed by atoms with Gasteiger partial charge in [0.05, 0.1) is 11.9 Å². The van der Waals surface area contributed by atoms with Crippen LogP contribution in [0.4, 0.5) is 16.5 Å². The Hall–Kier alpha value is -2.38. The topological polar surface area (TPSA) is 71.1 Å². The van der Waals surface area contributed by atoms with Crippen molar-refractivity contribution in [3.05, 3.63) is 59.0 Å². The van der Waals surface area contributed by atoms with Crippen molar-refractivity contribution in [1.29, 1.82) is 0 Å². The lowest BCUT2D eigenvalue weighted by atomic mass is 10.1. The van der Waals surface area contributed by atoms with Crippen molar-refractivity contribution in [3.63, 3.8) is 0 Å². The van der Waals surface area contributed by atoms with Crippen LogP contribution in [-0.4, -0.2) is 19.7 Å². The standard InChI is InChI=1S/C19H21N3O2S2/c1-4-14-7-5-6-13(2)18(14)21-19-20-17(12-25-19)15-8-10-16(11-9-15)22-26(3,23)24/h5-12,22H,4H2,1-3H3,(H,20,21). The summed E-state index contributed by atoms with van der Waals surface area (Å²) in [4.78, 5) is 4.67. The maximum atomic E-state index is 11.3. The van der Waals surface area contributed by atoms with Gasteiger partial charge in [0.25, 0.3) is 0 Å². The molecule has 0 atom stereocenters. The molecule has 0 amide bonds. The van der Waals surface area contributed by atoms with Crippen LogP contribution in [0.5, 0.6) is 0 Å². The fraction of sp³-hybridized carbons (Fsp3) is 0.211. The molecule has 0 fully saturated rings. The number of thiazole rings is 1. The van der Waals surface area contributed by atoms with Crippen LogP contribution in [0.2, 0.25) is 0 Å². The zero-order valence-electron chi connectivity index (χ0n) is 14.9. The molecule has 3 rings (SSSR count). The van der Waals surface area contributed by atoms with Gasteiger partial charge in [-0.1, -0.05) is 37.3 Å². The fourth-order valence-corrected chi connectivity index (χ4v) is 3.98. The minimum atomic E-state index is -3.27. The fourth-order valence-electron chi connectivity index (χ4n) is 2.70. The van der Waals surface area contributed by atoms with Crippen LogP contribution >= 0.6 is 11.3 Å². The Balaban J connectivity index is 1.80. The Bertz CT molecular complexity index is 1010. The smallest absolute Gasteiger partial charge is 0.229 e. The second kappa shape index (κ2) is 7.47. The molecule has 1 heterocycles. The Labute approximate surface area is 158 Å². The zero-order valence-corrected chi connectivity index (χ0v) is 16.5. The van der Waals surface area contributed by atoms with E-state index in [4.69, 9.17) is 0 Å². The molecule has 0 aliphatic carbocycles. The zero-order chi connectivity index (χ0) is 18.7. The highest BCUT2D eigenvalue weighted by Gasteiger charge is 2.09. The summed E-state index contributed by atoms with van der Waals surface area (Å²) in [5.74, 6) is 0. The van der Waals surface area contributed by atoms with Crippen LogP contribution in [0, 0.1) is 6.92 Å². The highest BCUT2D eigenvalue weighted by Crippen LogP contribution is 2.30. The van der Waals surface area contributed by atoms with Crippen molar-refractivity contribution in [3.8, 4) is 11.3 Å². The molecule has 136 valence electrons. The lowest BCUT2D eigenvalue weighted by molar-refractivity contribution is 0.607. The van der Waals surface area contributed by atoms with E-state index in [1.165, 1.54) is 11.1 Å². The molecular weight excluding hydrogens is 366 g/mol. The molecule has 1 aromatic heterocycles. The van der Waals surface area contributed by atoms with E-state index >= 15 is 0 Å². The maximum absolute atomic E-state index is 11.3. The number of aromatic nitrogens is 1. The molecular formula is C19H21N3O2S2. The molecule has 0 saturated heterocycles. The normalized spacial score (nSPS) is 11.3. The number of anilines is 3. The lowest BCUT2D eigenvalue weighted by Gasteiger charge is -2.11. The summed E-state index contributed by atoms with van der Waals surface area (Å²) >= 11 is 1.55. The SMILES string of the molecule is CCc1cccc(C)c1Nc1nc(-c2ccc(NS(C)(=O)=O)cc2)cs1. The Morgan fingerprint density at radius 3 is 2.50 bits per heavy atom.